The van der Waals surface area contributed by atoms with E-state index in [0.717, 1.165) is 39.1 Å². The predicted molar refractivity (Wildman–Crippen MR) is 125 cm³/mol. The summed E-state index contributed by atoms with van der Waals surface area (Å²) in [7, 11) is 0.342. The summed E-state index contributed by atoms with van der Waals surface area (Å²) in [6.07, 6.45) is 1.96. The molecule has 0 spiro atoms. The molecule has 2 heterocycles. The Kier molecular flexibility index (Phi) is 5.88. The Labute approximate surface area is 185 Å². The molecule has 2 N–H and O–H groups in total. The standard InChI is InChI=1S/C22H22ClN3O2S2/c1-26(2)16-9-7-15(8-10-16)18(19-13-24-20-6-4-3-5-17(19)20)14-25-30(27,28)22-12-11-21(23)29-22/h3-13,18,24-25H,14H2,1-2H3/t18-/m0/s1. The fourth-order valence-corrected chi connectivity index (χ4v) is 6.08. The van der Waals surface area contributed by atoms with Crippen LogP contribution in [0.3, 0.4) is 0 Å². The first-order valence-electron chi connectivity index (χ1n) is 9.43. The van der Waals surface area contributed by atoms with E-state index in [9.17, 15) is 8.42 Å². The molecule has 2 aromatic carbocycles. The van der Waals surface area contributed by atoms with Crippen molar-refractivity contribution in [2.45, 2.75) is 10.1 Å². The van der Waals surface area contributed by atoms with Crippen LogP contribution in [0, 0.1) is 0 Å². The second-order valence-corrected chi connectivity index (χ2v) is 10.9. The van der Waals surface area contributed by atoms with E-state index in [4.69, 9.17) is 11.6 Å². The van der Waals surface area contributed by atoms with Crippen LogP contribution in [0.4, 0.5) is 5.69 Å². The van der Waals surface area contributed by atoms with Gasteiger partial charge in [-0.2, -0.15) is 0 Å². The quantitative estimate of drug-likeness (QED) is 0.406. The third-order valence-corrected chi connectivity index (χ3v) is 8.25. The normalized spacial score (nSPS) is 12.9. The highest BCUT2D eigenvalue weighted by Crippen LogP contribution is 2.32. The molecule has 0 aliphatic heterocycles. The molecule has 0 bridgehead atoms. The second kappa shape index (κ2) is 8.43. The summed E-state index contributed by atoms with van der Waals surface area (Å²) in [5.41, 5.74) is 4.20. The van der Waals surface area contributed by atoms with Gasteiger partial charge in [0, 0.05) is 49.3 Å². The van der Waals surface area contributed by atoms with E-state index in [1.165, 1.54) is 6.07 Å². The Bertz CT molecular complexity index is 1260. The minimum Gasteiger partial charge on any atom is -0.378 e. The molecular weight excluding hydrogens is 438 g/mol. The number of aromatic amines is 1. The zero-order valence-electron chi connectivity index (χ0n) is 16.6. The summed E-state index contributed by atoms with van der Waals surface area (Å²) in [5.74, 6) is -0.150. The molecule has 156 valence electrons. The van der Waals surface area contributed by atoms with Crippen LogP contribution in [0.25, 0.3) is 10.9 Å². The minimum atomic E-state index is -3.64. The molecule has 8 heteroatoms. The van der Waals surface area contributed by atoms with E-state index in [2.05, 4.69) is 27.9 Å². The number of H-pyrrole nitrogens is 1. The van der Waals surface area contributed by atoms with Gasteiger partial charge in [0.05, 0.1) is 4.34 Å². The molecule has 0 aliphatic carbocycles. The molecule has 5 nitrogen and oxygen atoms in total. The molecule has 0 fully saturated rings. The first-order valence-corrected chi connectivity index (χ1v) is 12.1. The van der Waals surface area contributed by atoms with E-state index >= 15 is 0 Å². The molecule has 30 heavy (non-hydrogen) atoms. The van der Waals surface area contributed by atoms with Gasteiger partial charge in [-0.25, -0.2) is 13.1 Å². The number of sulfonamides is 1. The number of nitrogens with one attached hydrogen (secondary N) is 2. The average molecular weight is 460 g/mol. The monoisotopic (exact) mass is 459 g/mol. The Morgan fingerprint density at radius 3 is 2.47 bits per heavy atom. The van der Waals surface area contributed by atoms with Crippen molar-refractivity contribution >= 4 is 49.6 Å². The maximum atomic E-state index is 12.8. The molecule has 0 saturated heterocycles. The highest BCUT2D eigenvalue weighted by molar-refractivity contribution is 7.91. The SMILES string of the molecule is CN(C)c1ccc([C@H](CNS(=O)(=O)c2ccc(Cl)s2)c2c[nH]c3ccccc23)cc1. The maximum absolute atomic E-state index is 12.8. The van der Waals surface area contributed by atoms with Crippen LogP contribution in [-0.4, -0.2) is 34.0 Å². The smallest absolute Gasteiger partial charge is 0.250 e. The molecule has 1 atom stereocenters. The van der Waals surface area contributed by atoms with E-state index in [1.807, 2.05) is 55.5 Å². The number of aromatic nitrogens is 1. The third-order valence-electron chi connectivity index (χ3n) is 5.10. The van der Waals surface area contributed by atoms with Gasteiger partial charge in [0.25, 0.3) is 0 Å². The summed E-state index contributed by atoms with van der Waals surface area (Å²) >= 11 is 6.98. The van der Waals surface area contributed by atoms with Gasteiger partial charge in [0.1, 0.15) is 4.21 Å². The number of nitrogens with zero attached hydrogens (tertiary/aromatic N) is 1. The van der Waals surface area contributed by atoms with Crippen molar-refractivity contribution in [3.8, 4) is 0 Å². The summed E-state index contributed by atoms with van der Waals surface area (Å²) in [4.78, 5) is 5.33. The molecule has 0 saturated carbocycles. The lowest BCUT2D eigenvalue weighted by Crippen LogP contribution is -2.28. The van der Waals surface area contributed by atoms with Crippen molar-refractivity contribution in [2.24, 2.45) is 0 Å². The van der Waals surface area contributed by atoms with Crippen LogP contribution in [-0.2, 0) is 10.0 Å². The zero-order valence-corrected chi connectivity index (χ0v) is 19.0. The number of benzene rings is 2. The van der Waals surface area contributed by atoms with Crippen molar-refractivity contribution in [1.82, 2.24) is 9.71 Å². The first-order chi connectivity index (χ1) is 14.3. The van der Waals surface area contributed by atoms with E-state index < -0.39 is 10.0 Å². The topological polar surface area (TPSA) is 65.2 Å². The van der Waals surface area contributed by atoms with Crippen molar-refractivity contribution in [3.63, 3.8) is 0 Å². The van der Waals surface area contributed by atoms with Crippen LogP contribution in [0.5, 0.6) is 0 Å². The van der Waals surface area contributed by atoms with Gasteiger partial charge in [-0.05, 0) is 41.5 Å². The van der Waals surface area contributed by atoms with Crippen LogP contribution >= 0.6 is 22.9 Å². The molecule has 4 aromatic rings. The molecular formula is C22H22ClN3O2S2. The average Bonchev–Trinajstić information content (AvgIpc) is 3.36. The van der Waals surface area contributed by atoms with Crippen LogP contribution in [0.15, 0.2) is 71.1 Å². The van der Waals surface area contributed by atoms with Gasteiger partial charge in [-0.3, -0.25) is 0 Å². The lowest BCUT2D eigenvalue weighted by atomic mass is 9.91. The number of anilines is 1. The summed E-state index contributed by atoms with van der Waals surface area (Å²) in [6.45, 7) is 0.237. The van der Waals surface area contributed by atoms with Gasteiger partial charge in [0.2, 0.25) is 10.0 Å². The molecule has 0 aliphatic rings. The number of hydrogen-bond acceptors (Lipinski definition) is 4. The minimum absolute atomic E-state index is 0.150. The number of para-hydroxylation sites is 1. The predicted octanol–water partition coefficient (Wildman–Crippen LogP) is 5.06. The Balaban J connectivity index is 1.70. The third kappa shape index (κ3) is 4.25. The molecule has 0 unspecified atom stereocenters. The van der Waals surface area contributed by atoms with Gasteiger partial charge >= 0.3 is 0 Å². The fraction of sp³-hybridized carbons (Fsp3) is 0.182. The number of halogens is 1. The molecule has 0 amide bonds. The number of hydrogen-bond donors (Lipinski definition) is 2. The maximum Gasteiger partial charge on any atom is 0.250 e. The second-order valence-electron chi connectivity index (χ2n) is 7.24. The molecule has 4 rings (SSSR count). The largest absolute Gasteiger partial charge is 0.378 e. The van der Waals surface area contributed by atoms with Crippen molar-refractivity contribution in [2.75, 3.05) is 25.5 Å². The van der Waals surface area contributed by atoms with Crippen LogP contribution in [0.2, 0.25) is 4.34 Å². The number of thiophene rings is 1. The first kappa shape index (κ1) is 20.9. The number of rotatable bonds is 7. The lowest BCUT2D eigenvalue weighted by Gasteiger charge is -2.20. The Morgan fingerprint density at radius 2 is 1.80 bits per heavy atom. The summed E-state index contributed by atoms with van der Waals surface area (Å²) in [5, 5.41) is 1.08. The molecule has 0 radical (unpaired) electrons. The van der Waals surface area contributed by atoms with E-state index in [1.54, 1.807) is 6.07 Å². The van der Waals surface area contributed by atoms with Gasteiger partial charge in [-0.1, -0.05) is 41.9 Å². The van der Waals surface area contributed by atoms with Gasteiger partial charge < -0.3 is 9.88 Å². The highest BCUT2D eigenvalue weighted by Gasteiger charge is 2.23. The highest BCUT2D eigenvalue weighted by atomic mass is 35.5. The summed E-state index contributed by atoms with van der Waals surface area (Å²) < 4.78 is 29.0. The van der Waals surface area contributed by atoms with Crippen LogP contribution < -0.4 is 9.62 Å². The summed E-state index contributed by atoms with van der Waals surface area (Å²) in [6, 6.07) is 19.4. The van der Waals surface area contributed by atoms with Gasteiger partial charge in [-0.15, -0.1) is 11.3 Å². The Morgan fingerprint density at radius 1 is 1.07 bits per heavy atom. The van der Waals surface area contributed by atoms with E-state index in [-0.39, 0.29) is 16.7 Å². The van der Waals surface area contributed by atoms with Crippen molar-refractivity contribution in [3.05, 3.63) is 82.3 Å². The number of fused-ring (bicyclic) bond motifs is 1. The molecule has 2 aromatic heterocycles. The fourth-order valence-electron chi connectivity index (χ4n) is 3.50. The van der Waals surface area contributed by atoms with Gasteiger partial charge in [0.15, 0.2) is 0 Å². The van der Waals surface area contributed by atoms with Crippen LogP contribution in [0.1, 0.15) is 17.0 Å². The van der Waals surface area contributed by atoms with Crippen molar-refractivity contribution < 1.29 is 8.42 Å². The Hall–Kier alpha value is -2.32. The lowest BCUT2D eigenvalue weighted by molar-refractivity contribution is 0.580. The zero-order chi connectivity index (χ0) is 21.3. The van der Waals surface area contributed by atoms with E-state index in [0.29, 0.717) is 4.34 Å². The van der Waals surface area contributed by atoms with Crippen molar-refractivity contribution in [1.29, 1.82) is 0 Å².